The number of rotatable bonds is 2. The Morgan fingerprint density at radius 2 is 2.28 bits per heavy atom. The molecular formula is C12H12BrNO3S. The van der Waals surface area contributed by atoms with Crippen LogP contribution < -0.4 is 4.90 Å². The van der Waals surface area contributed by atoms with Crippen LogP contribution in [0.4, 0.5) is 5.69 Å². The van der Waals surface area contributed by atoms with E-state index in [1.54, 1.807) is 23.1 Å². The van der Waals surface area contributed by atoms with Gasteiger partial charge in [0.05, 0.1) is 18.4 Å². The summed E-state index contributed by atoms with van der Waals surface area (Å²) in [6, 6.07) is 5.04. The molecule has 0 aromatic heterocycles. The highest BCUT2D eigenvalue weighted by Crippen LogP contribution is 2.32. The van der Waals surface area contributed by atoms with Gasteiger partial charge in [-0.15, -0.1) is 0 Å². The van der Waals surface area contributed by atoms with Crippen molar-refractivity contribution in [3.63, 3.8) is 0 Å². The molecule has 1 saturated heterocycles. The number of thiol groups is 1. The average molecular weight is 330 g/mol. The second-order valence-electron chi connectivity index (χ2n) is 4.02. The van der Waals surface area contributed by atoms with Gasteiger partial charge in [0.1, 0.15) is 0 Å². The SMILES string of the molecule is COC(=O)c1ccc(Br)c(N2CC(S)CC2=O)c1. The van der Waals surface area contributed by atoms with Crippen LogP contribution in [0.2, 0.25) is 0 Å². The number of amides is 1. The third-order valence-corrected chi connectivity index (χ3v) is 3.78. The number of carbonyl (C=O) groups excluding carboxylic acids is 2. The zero-order valence-corrected chi connectivity index (χ0v) is 12.2. The molecule has 96 valence electrons. The minimum Gasteiger partial charge on any atom is -0.465 e. The summed E-state index contributed by atoms with van der Waals surface area (Å²) in [5.74, 6) is -0.407. The number of hydrogen-bond donors (Lipinski definition) is 1. The molecular weight excluding hydrogens is 318 g/mol. The largest absolute Gasteiger partial charge is 0.465 e. The van der Waals surface area contributed by atoms with E-state index >= 15 is 0 Å². The molecule has 1 aromatic rings. The second kappa shape index (κ2) is 5.32. The maximum Gasteiger partial charge on any atom is 0.337 e. The molecule has 18 heavy (non-hydrogen) atoms. The number of halogens is 1. The molecule has 4 nitrogen and oxygen atoms in total. The van der Waals surface area contributed by atoms with Crippen LogP contribution in [-0.4, -0.2) is 30.8 Å². The highest BCUT2D eigenvalue weighted by atomic mass is 79.9. The number of methoxy groups -OCH3 is 1. The third-order valence-electron chi connectivity index (χ3n) is 2.76. The zero-order valence-electron chi connectivity index (χ0n) is 9.72. The molecule has 0 spiro atoms. The topological polar surface area (TPSA) is 46.6 Å². The van der Waals surface area contributed by atoms with Crippen molar-refractivity contribution < 1.29 is 14.3 Å². The summed E-state index contributed by atoms with van der Waals surface area (Å²) in [5.41, 5.74) is 1.10. The lowest BCUT2D eigenvalue weighted by atomic mass is 10.2. The first-order valence-corrected chi connectivity index (χ1v) is 6.70. The molecule has 1 aliphatic rings. The van der Waals surface area contributed by atoms with Gasteiger partial charge in [0.25, 0.3) is 0 Å². The van der Waals surface area contributed by atoms with E-state index in [-0.39, 0.29) is 11.2 Å². The number of carbonyl (C=O) groups is 2. The van der Waals surface area contributed by atoms with Gasteiger partial charge in [0.15, 0.2) is 0 Å². The highest BCUT2D eigenvalue weighted by Gasteiger charge is 2.29. The van der Waals surface area contributed by atoms with Crippen molar-refractivity contribution >= 4 is 46.1 Å². The van der Waals surface area contributed by atoms with Gasteiger partial charge in [-0.05, 0) is 34.1 Å². The Balaban J connectivity index is 2.38. The second-order valence-corrected chi connectivity index (χ2v) is 5.60. The summed E-state index contributed by atoms with van der Waals surface area (Å²) in [7, 11) is 1.33. The van der Waals surface area contributed by atoms with Crippen LogP contribution in [-0.2, 0) is 9.53 Å². The molecule has 2 rings (SSSR count). The average Bonchev–Trinajstić information content (AvgIpc) is 2.68. The molecule has 6 heteroatoms. The van der Waals surface area contributed by atoms with E-state index in [9.17, 15) is 9.59 Å². The first-order chi connectivity index (χ1) is 8.52. The Labute approximate surface area is 119 Å². The van der Waals surface area contributed by atoms with Gasteiger partial charge in [-0.2, -0.15) is 12.6 Å². The Bertz CT molecular complexity index is 506. The van der Waals surface area contributed by atoms with Gasteiger partial charge in [-0.3, -0.25) is 4.79 Å². The normalized spacial score (nSPS) is 19.2. The van der Waals surface area contributed by atoms with E-state index in [0.717, 1.165) is 4.47 Å². The van der Waals surface area contributed by atoms with Crippen LogP contribution in [0.15, 0.2) is 22.7 Å². The minimum absolute atomic E-state index is 0.0118. The van der Waals surface area contributed by atoms with Crippen LogP contribution in [0, 0.1) is 0 Å². The zero-order chi connectivity index (χ0) is 13.3. The third kappa shape index (κ3) is 2.54. The van der Waals surface area contributed by atoms with Crippen LogP contribution in [0.3, 0.4) is 0 Å². The molecule has 0 aliphatic carbocycles. The predicted octanol–water partition coefficient (Wildman–Crippen LogP) is 2.27. The van der Waals surface area contributed by atoms with Gasteiger partial charge in [-0.25, -0.2) is 4.79 Å². The summed E-state index contributed by atoms with van der Waals surface area (Å²) < 4.78 is 5.44. The predicted molar refractivity (Wildman–Crippen MR) is 75.2 cm³/mol. The maximum atomic E-state index is 11.8. The standard InChI is InChI=1S/C12H12BrNO3S/c1-17-12(16)7-2-3-9(13)10(4-7)14-6-8(18)5-11(14)15/h2-4,8,18H,5-6H2,1H3. The summed E-state index contributed by atoms with van der Waals surface area (Å²) >= 11 is 7.70. The van der Waals surface area contributed by atoms with E-state index in [1.807, 2.05) is 0 Å². The van der Waals surface area contributed by atoms with Crippen molar-refractivity contribution in [2.75, 3.05) is 18.6 Å². The Morgan fingerprint density at radius 3 is 2.83 bits per heavy atom. The number of nitrogens with zero attached hydrogens (tertiary/aromatic N) is 1. The lowest BCUT2D eigenvalue weighted by Crippen LogP contribution is -2.25. The lowest BCUT2D eigenvalue weighted by Gasteiger charge is -2.18. The first-order valence-electron chi connectivity index (χ1n) is 5.39. The van der Waals surface area contributed by atoms with E-state index in [4.69, 9.17) is 0 Å². The summed E-state index contributed by atoms with van der Waals surface area (Å²) in [6.45, 7) is 0.547. The Hall–Kier alpha value is -1.01. The molecule has 0 bridgehead atoms. The highest BCUT2D eigenvalue weighted by molar-refractivity contribution is 9.10. The van der Waals surface area contributed by atoms with E-state index in [0.29, 0.717) is 24.2 Å². The van der Waals surface area contributed by atoms with Crippen molar-refractivity contribution in [3.05, 3.63) is 28.2 Å². The number of ether oxygens (including phenoxy) is 1. The maximum absolute atomic E-state index is 11.8. The van der Waals surface area contributed by atoms with Crippen LogP contribution in [0.1, 0.15) is 16.8 Å². The van der Waals surface area contributed by atoms with Gasteiger partial charge >= 0.3 is 5.97 Å². The van der Waals surface area contributed by atoms with Crippen molar-refractivity contribution in [3.8, 4) is 0 Å². The van der Waals surface area contributed by atoms with Crippen LogP contribution in [0.5, 0.6) is 0 Å². The first kappa shape index (κ1) is 13.4. The number of hydrogen-bond acceptors (Lipinski definition) is 4. The monoisotopic (exact) mass is 329 g/mol. The van der Waals surface area contributed by atoms with E-state index < -0.39 is 5.97 Å². The van der Waals surface area contributed by atoms with E-state index in [1.165, 1.54) is 7.11 Å². The fraction of sp³-hybridized carbons (Fsp3) is 0.333. The molecule has 0 saturated carbocycles. The fourth-order valence-corrected chi connectivity index (χ4v) is 2.67. The quantitative estimate of drug-likeness (QED) is 0.668. The number of benzene rings is 1. The molecule has 1 heterocycles. The Kier molecular flexibility index (Phi) is 3.97. The molecule has 0 N–H and O–H groups in total. The minimum atomic E-state index is -0.419. The molecule has 1 aliphatic heterocycles. The van der Waals surface area contributed by atoms with Crippen LogP contribution >= 0.6 is 28.6 Å². The molecule has 1 amide bonds. The molecule has 1 aromatic carbocycles. The van der Waals surface area contributed by atoms with Crippen molar-refractivity contribution in [2.45, 2.75) is 11.7 Å². The summed E-state index contributed by atoms with van der Waals surface area (Å²) in [5, 5.41) is 0.0335. The van der Waals surface area contributed by atoms with Gasteiger partial charge in [0.2, 0.25) is 5.91 Å². The molecule has 1 atom stereocenters. The van der Waals surface area contributed by atoms with E-state index in [2.05, 4.69) is 33.3 Å². The number of esters is 1. The van der Waals surface area contributed by atoms with Gasteiger partial charge < -0.3 is 9.64 Å². The van der Waals surface area contributed by atoms with Crippen LogP contribution in [0.25, 0.3) is 0 Å². The lowest BCUT2D eigenvalue weighted by molar-refractivity contribution is -0.117. The molecule has 1 unspecified atom stereocenters. The summed E-state index contributed by atoms with van der Waals surface area (Å²) in [4.78, 5) is 24.9. The smallest absolute Gasteiger partial charge is 0.337 e. The Morgan fingerprint density at radius 1 is 1.56 bits per heavy atom. The van der Waals surface area contributed by atoms with Gasteiger partial charge in [-0.1, -0.05) is 0 Å². The molecule has 0 radical (unpaired) electrons. The van der Waals surface area contributed by atoms with Gasteiger partial charge in [0, 0.05) is 22.7 Å². The van der Waals surface area contributed by atoms with Crippen molar-refractivity contribution in [1.29, 1.82) is 0 Å². The number of anilines is 1. The summed E-state index contributed by atoms with van der Waals surface area (Å²) in [6.07, 6.45) is 0.415. The van der Waals surface area contributed by atoms with Crippen molar-refractivity contribution in [1.82, 2.24) is 0 Å². The fourth-order valence-electron chi connectivity index (χ4n) is 1.89. The molecule has 1 fully saturated rings. The van der Waals surface area contributed by atoms with Crippen molar-refractivity contribution in [2.24, 2.45) is 0 Å².